The number of halogens is 3. The molecule has 4 N–H and O–H groups in total. The summed E-state index contributed by atoms with van der Waals surface area (Å²) in [5.41, 5.74) is -0.566. The predicted molar refractivity (Wildman–Crippen MR) is 109 cm³/mol. The fraction of sp³-hybridized carbons (Fsp3) is 0.263. The van der Waals surface area contributed by atoms with Crippen LogP contribution in [0.15, 0.2) is 30.5 Å². The summed E-state index contributed by atoms with van der Waals surface area (Å²) in [6, 6.07) is 4.67. The van der Waals surface area contributed by atoms with Gasteiger partial charge in [0.05, 0.1) is 36.1 Å². The lowest BCUT2D eigenvalue weighted by Crippen LogP contribution is -2.21. The van der Waals surface area contributed by atoms with E-state index in [4.69, 9.17) is 0 Å². The Morgan fingerprint density at radius 2 is 2.03 bits per heavy atom. The van der Waals surface area contributed by atoms with Gasteiger partial charge in [-0.2, -0.15) is 0 Å². The number of anilines is 2. The minimum Gasteiger partial charge on any atom is -0.387 e. The second kappa shape index (κ2) is 8.94. The van der Waals surface area contributed by atoms with Crippen LogP contribution in [0.25, 0.3) is 11.0 Å². The molecule has 12 heteroatoms. The highest BCUT2D eigenvalue weighted by Crippen LogP contribution is 2.25. The highest BCUT2D eigenvalue weighted by atomic mass is 32.2. The Hall–Kier alpha value is -3.12. The lowest BCUT2D eigenvalue weighted by molar-refractivity contribution is 0.101. The van der Waals surface area contributed by atoms with Crippen LogP contribution >= 0.6 is 0 Å². The largest absolute Gasteiger partial charge is 0.387 e. The van der Waals surface area contributed by atoms with Gasteiger partial charge < -0.3 is 15.4 Å². The number of H-pyrrole nitrogens is 1. The van der Waals surface area contributed by atoms with Crippen LogP contribution in [0.3, 0.4) is 0 Å². The lowest BCUT2D eigenvalue weighted by Gasteiger charge is -2.12. The van der Waals surface area contributed by atoms with Crippen molar-refractivity contribution in [3.8, 4) is 0 Å². The van der Waals surface area contributed by atoms with Crippen molar-refractivity contribution in [3.05, 3.63) is 53.4 Å². The molecular formula is C19H19F3N4O4S. The molecule has 0 saturated heterocycles. The molecule has 0 aliphatic carbocycles. The van der Waals surface area contributed by atoms with Crippen molar-refractivity contribution in [3.63, 3.8) is 0 Å². The molecule has 2 heterocycles. The van der Waals surface area contributed by atoms with Crippen molar-refractivity contribution in [2.45, 2.75) is 19.4 Å². The van der Waals surface area contributed by atoms with E-state index in [1.807, 2.05) is 4.72 Å². The summed E-state index contributed by atoms with van der Waals surface area (Å²) in [5, 5.41) is 12.5. The van der Waals surface area contributed by atoms with E-state index in [1.54, 1.807) is 13.0 Å². The first-order chi connectivity index (χ1) is 14.6. The number of carbonyl (C=O) groups excluding carboxylic acids is 1. The highest BCUT2D eigenvalue weighted by Gasteiger charge is 2.23. The van der Waals surface area contributed by atoms with Gasteiger partial charge in [0.2, 0.25) is 10.0 Å². The van der Waals surface area contributed by atoms with Gasteiger partial charge in [0.15, 0.2) is 5.82 Å². The van der Waals surface area contributed by atoms with E-state index < -0.39 is 57.3 Å². The molecule has 0 radical (unpaired) electrons. The Morgan fingerprint density at radius 1 is 1.29 bits per heavy atom. The van der Waals surface area contributed by atoms with Crippen LogP contribution in [0.2, 0.25) is 0 Å². The topological polar surface area (TPSA) is 124 Å². The number of sulfonamides is 1. The van der Waals surface area contributed by atoms with Crippen molar-refractivity contribution in [2.75, 3.05) is 22.5 Å². The van der Waals surface area contributed by atoms with Gasteiger partial charge in [-0.05, 0) is 37.6 Å². The molecule has 0 fully saturated rings. The monoisotopic (exact) mass is 456 g/mol. The Kier molecular flexibility index (Phi) is 6.51. The number of fused-ring (bicyclic) bond motifs is 1. The average molecular weight is 456 g/mol. The van der Waals surface area contributed by atoms with Gasteiger partial charge in [-0.3, -0.25) is 13.9 Å². The second-order valence-electron chi connectivity index (χ2n) is 6.76. The van der Waals surface area contributed by atoms with Crippen molar-refractivity contribution >= 4 is 38.3 Å². The lowest BCUT2D eigenvalue weighted by atomic mass is 10.1. The molecule has 1 atom stereocenters. The number of carbonyl (C=O) groups is 1. The summed E-state index contributed by atoms with van der Waals surface area (Å²) in [4.78, 5) is 19.5. The summed E-state index contributed by atoms with van der Waals surface area (Å²) in [5.74, 6) is -4.37. The highest BCUT2D eigenvalue weighted by molar-refractivity contribution is 7.92. The molecule has 0 aliphatic rings. The number of alkyl halides is 1. The molecule has 3 rings (SSSR count). The molecule has 0 saturated carbocycles. The molecule has 1 aromatic carbocycles. The molecule has 31 heavy (non-hydrogen) atoms. The van der Waals surface area contributed by atoms with Crippen LogP contribution < -0.4 is 10.0 Å². The first-order valence-electron chi connectivity index (χ1n) is 9.14. The number of aliphatic hydroxyl groups is 1. The molecule has 8 nitrogen and oxygen atoms in total. The fourth-order valence-electron chi connectivity index (χ4n) is 2.83. The number of hydrogen-bond donors (Lipinski definition) is 4. The van der Waals surface area contributed by atoms with E-state index in [9.17, 15) is 31.5 Å². The molecule has 0 aliphatic heterocycles. The van der Waals surface area contributed by atoms with Crippen LogP contribution in [0, 0.1) is 11.6 Å². The summed E-state index contributed by atoms with van der Waals surface area (Å²) in [6.45, 7) is 0.677. The standard InChI is InChI=1S/C19H19F3N4O4S/c1-10(27)15-8-11-7-12(9-23-18(11)25-15)24-19(28)16-13(21)3-4-14(17(16)22)26-31(29,30)6-2-5-20/h3-4,7-10,26-27H,2,5-6H2,1H3,(H,23,25)(H,24,28). The summed E-state index contributed by atoms with van der Waals surface area (Å²) < 4.78 is 66.8. The predicted octanol–water partition coefficient (Wildman–Crippen LogP) is 3.25. The van der Waals surface area contributed by atoms with E-state index in [1.165, 1.54) is 12.3 Å². The first-order valence-corrected chi connectivity index (χ1v) is 10.8. The third-order valence-corrected chi connectivity index (χ3v) is 5.69. The number of rotatable bonds is 8. The molecular weight excluding hydrogens is 437 g/mol. The molecule has 1 amide bonds. The smallest absolute Gasteiger partial charge is 0.261 e. The van der Waals surface area contributed by atoms with Gasteiger partial charge in [0, 0.05) is 11.1 Å². The number of hydrogen-bond acceptors (Lipinski definition) is 5. The number of benzene rings is 1. The van der Waals surface area contributed by atoms with Gasteiger partial charge in [0.1, 0.15) is 17.0 Å². The van der Waals surface area contributed by atoms with E-state index >= 15 is 0 Å². The van der Waals surface area contributed by atoms with E-state index in [0.29, 0.717) is 16.7 Å². The molecule has 0 bridgehead atoms. The quantitative estimate of drug-likeness (QED) is 0.414. The number of aromatic amines is 1. The van der Waals surface area contributed by atoms with Crippen LogP contribution in [0.5, 0.6) is 0 Å². The summed E-state index contributed by atoms with van der Waals surface area (Å²) in [6.07, 6.45) is 0.186. The maximum atomic E-state index is 14.7. The van der Waals surface area contributed by atoms with E-state index in [-0.39, 0.29) is 12.1 Å². The Labute approximate surface area is 175 Å². The Morgan fingerprint density at radius 3 is 2.71 bits per heavy atom. The summed E-state index contributed by atoms with van der Waals surface area (Å²) in [7, 11) is -4.08. The molecule has 166 valence electrons. The van der Waals surface area contributed by atoms with E-state index in [0.717, 1.165) is 12.1 Å². The van der Waals surface area contributed by atoms with Gasteiger partial charge in [-0.1, -0.05) is 0 Å². The maximum Gasteiger partial charge on any atom is 0.261 e. The van der Waals surface area contributed by atoms with Crippen LogP contribution in [0.4, 0.5) is 24.5 Å². The van der Waals surface area contributed by atoms with Gasteiger partial charge in [0.25, 0.3) is 5.91 Å². The number of amides is 1. The maximum absolute atomic E-state index is 14.7. The molecule has 1 unspecified atom stereocenters. The number of nitrogens with one attached hydrogen (secondary N) is 3. The molecule has 3 aromatic rings. The number of nitrogens with zero attached hydrogens (tertiary/aromatic N) is 1. The van der Waals surface area contributed by atoms with Gasteiger partial charge in [-0.25, -0.2) is 22.2 Å². The first kappa shape index (κ1) is 22.6. The molecule has 2 aromatic heterocycles. The van der Waals surface area contributed by atoms with Crippen LogP contribution in [-0.4, -0.2) is 41.8 Å². The minimum absolute atomic E-state index is 0.126. The molecule has 0 spiro atoms. The number of pyridine rings is 1. The number of aliphatic hydroxyl groups excluding tert-OH is 1. The normalized spacial score (nSPS) is 12.7. The SMILES string of the molecule is CC(O)c1cc2cc(NC(=O)c3c(F)ccc(NS(=O)(=O)CCCF)c3F)cnc2[nH]1. The third-order valence-electron chi connectivity index (χ3n) is 4.33. The van der Waals surface area contributed by atoms with Crippen molar-refractivity contribution in [1.29, 1.82) is 0 Å². The zero-order valence-electron chi connectivity index (χ0n) is 16.2. The van der Waals surface area contributed by atoms with Crippen molar-refractivity contribution < 1.29 is 31.5 Å². The Bertz CT molecular complexity index is 1230. The van der Waals surface area contributed by atoms with Gasteiger partial charge >= 0.3 is 0 Å². The van der Waals surface area contributed by atoms with Crippen molar-refractivity contribution in [1.82, 2.24) is 9.97 Å². The minimum atomic E-state index is -4.08. The van der Waals surface area contributed by atoms with Crippen molar-refractivity contribution in [2.24, 2.45) is 0 Å². The zero-order valence-corrected chi connectivity index (χ0v) is 17.1. The van der Waals surface area contributed by atoms with Crippen LogP contribution in [-0.2, 0) is 10.0 Å². The zero-order chi connectivity index (χ0) is 22.8. The number of aromatic nitrogens is 2. The van der Waals surface area contributed by atoms with Gasteiger partial charge in [-0.15, -0.1) is 0 Å². The van der Waals surface area contributed by atoms with E-state index in [2.05, 4.69) is 15.3 Å². The summed E-state index contributed by atoms with van der Waals surface area (Å²) >= 11 is 0. The third kappa shape index (κ3) is 5.14. The van der Waals surface area contributed by atoms with Crippen LogP contribution in [0.1, 0.15) is 35.5 Å². The average Bonchev–Trinajstić information content (AvgIpc) is 3.12. The second-order valence-corrected chi connectivity index (χ2v) is 8.61. The fourth-order valence-corrected chi connectivity index (χ4v) is 3.91. The Balaban J connectivity index is 1.86.